The van der Waals surface area contributed by atoms with Gasteiger partial charge < -0.3 is 4.74 Å². The molecule has 0 rings (SSSR count). The summed E-state index contributed by atoms with van der Waals surface area (Å²) in [7, 11) is 0. The molecule has 0 saturated carbocycles. The first kappa shape index (κ1) is 14.5. The zero-order valence-corrected chi connectivity index (χ0v) is 10.7. The van der Waals surface area contributed by atoms with E-state index in [9.17, 15) is 4.79 Å². The fourth-order valence-electron chi connectivity index (χ4n) is 1.50. The van der Waals surface area contributed by atoms with Gasteiger partial charge in [-0.25, -0.2) is 0 Å². The Morgan fingerprint density at radius 2 is 1.93 bits per heavy atom. The molecular formula is C13H26O2. The summed E-state index contributed by atoms with van der Waals surface area (Å²) in [4.78, 5) is 11.3. The van der Waals surface area contributed by atoms with Crippen molar-refractivity contribution < 1.29 is 9.53 Å². The molecule has 2 heteroatoms. The second kappa shape index (κ2) is 8.75. The van der Waals surface area contributed by atoms with Gasteiger partial charge in [0, 0.05) is 6.42 Å². The van der Waals surface area contributed by atoms with Crippen molar-refractivity contribution in [2.24, 2.45) is 11.8 Å². The number of unbranched alkanes of at least 4 members (excludes halogenated alkanes) is 1. The highest BCUT2D eigenvalue weighted by molar-refractivity contribution is 5.69. The van der Waals surface area contributed by atoms with E-state index in [1.165, 1.54) is 19.3 Å². The van der Waals surface area contributed by atoms with Crippen LogP contribution in [0.1, 0.15) is 59.8 Å². The van der Waals surface area contributed by atoms with Gasteiger partial charge in [0.25, 0.3) is 0 Å². The first-order valence-electron chi connectivity index (χ1n) is 6.25. The summed E-state index contributed by atoms with van der Waals surface area (Å²) in [5.41, 5.74) is 0. The van der Waals surface area contributed by atoms with E-state index < -0.39 is 0 Å². The van der Waals surface area contributed by atoms with E-state index in [0.29, 0.717) is 24.9 Å². The topological polar surface area (TPSA) is 26.3 Å². The number of ether oxygens (including phenoxy) is 1. The molecule has 0 aromatic carbocycles. The Hall–Kier alpha value is -0.530. The molecule has 0 saturated heterocycles. The van der Waals surface area contributed by atoms with Gasteiger partial charge in [0.2, 0.25) is 0 Å². The zero-order valence-electron chi connectivity index (χ0n) is 10.7. The van der Waals surface area contributed by atoms with E-state index >= 15 is 0 Å². The SMILES string of the molecule is CCCCC(CC)COC(=O)CC(C)C. The molecule has 0 N–H and O–H groups in total. The minimum atomic E-state index is -0.0417. The summed E-state index contributed by atoms with van der Waals surface area (Å²) in [5.74, 6) is 0.911. The lowest BCUT2D eigenvalue weighted by atomic mass is 10.0. The highest BCUT2D eigenvalue weighted by Gasteiger charge is 2.10. The van der Waals surface area contributed by atoms with Gasteiger partial charge in [0.05, 0.1) is 6.61 Å². The van der Waals surface area contributed by atoms with Crippen molar-refractivity contribution in [2.45, 2.75) is 59.8 Å². The number of esters is 1. The Morgan fingerprint density at radius 3 is 2.40 bits per heavy atom. The maximum absolute atomic E-state index is 11.3. The lowest BCUT2D eigenvalue weighted by Gasteiger charge is -2.15. The summed E-state index contributed by atoms with van der Waals surface area (Å²) < 4.78 is 5.26. The third kappa shape index (κ3) is 8.46. The van der Waals surface area contributed by atoms with Gasteiger partial charge in [-0.1, -0.05) is 47.0 Å². The zero-order chi connectivity index (χ0) is 11.7. The summed E-state index contributed by atoms with van der Waals surface area (Å²) in [5, 5.41) is 0. The smallest absolute Gasteiger partial charge is 0.306 e. The molecule has 0 aromatic heterocycles. The quantitative estimate of drug-likeness (QED) is 0.575. The van der Waals surface area contributed by atoms with Gasteiger partial charge in [-0.3, -0.25) is 4.79 Å². The molecule has 0 spiro atoms. The van der Waals surface area contributed by atoms with Crippen LogP contribution >= 0.6 is 0 Å². The standard InChI is InChI=1S/C13H26O2/c1-5-7-8-12(6-2)10-15-13(14)9-11(3)4/h11-12H,5-10H2,1-4H3. The van der Waals surface area contributed by atoms with Crippen LogP contribution in [-0.4, -0.2) is 12.6 Å². The fraction of sp³-hybridized carbons (Fsp3) is 0.923. The molecule has 90 valence electrons. The average molecular weight is 214 g/mol. The molecule has 1 atom stereocenters. The van der Waals surface area contributed by atoms with Crippen LogP contribution in [0.3, 0.4) is 0 Å². The Labute approximate surface area is 94.4 Å². The minimum absolute atomic E-state index is 0.0417. The number of hydrogen-bond donors (Lipinski definition) is 0. The fourth-order valence-corrected chi connectivity index (χ4v) is 1.50. The molecule has 0 radical (unpaired) electrons. The van der Waals surface area contributed by atoms with Gasteiger partial charge in [-0.2, -0.15) is 0 Å². The van der Waals surface area contributed by atoms with Crippen LogP contribution in [-0.2, 0) is 9.53 Å². The Morgan fingerprint density at radius 1 is 1.27 bits per heavy atom. The monoisotopic (exact) mass is 214 g/mol. The second-order valence-electron chi connectivity index (χ2n) is 4.70. The number of carbonyl (C=O) groups is 1. The predicted octanol–water partition coefficient (Wildman–Crippen LogP) is 3.79. The Kier molecular flexibility index (Phi) is 8.44. The predicted molar refractivity (Wildman–Crippen MR) is 63.7 cm³/mol. The van der Waals surface area contributed by atoms with Crippen LogP contribution < -0.4 is 0 Å². The molecule has 0 aliphatic rings. The van der Waals surface area contributed by atoms with Crippen molar-refractivity contribution in [3.05, 3.63) is 0 Å². The molecule has 0 aromatic rings. The Bertz CT molecular complexity index is 164. The van der Waals surface area contributed by atoms with E-state index in [1.54, 1.807) is 0 Å². The van der Waals surface area contributed by atoms with Gasteiger partial charge in [-0.05, 0) is 18.3 Å². The van der Waals surface area contributed by atoms with Crippen LogP contribution in [0.2, 0.25) is 0 Å². The van der Waals surface area contributed by atoms with Crippen molar-refractivity contribution in [3.8, 4) is 0 Å². The van der Waals surface area contributed by atoms with E-state index in [0.717, 1.165) is 6.42 Å². The highest BCUT2D eigenvalue weighted by atomic mass is 16.5. The lowest BCUT2D eigenvalue weighted by molar-refractivity contribution is -0.146. The molecule has 0 amide bonds. The average Bonchev–Trinajstić information content (AvgIpc) is 2.17. The number of rotatable bonds is 8. The molecule has 0 aliphatic heterocycles. The molecule has 2 nitrogen and oxygen atoms in total. The first-order chi connectivity index (χ1) is 7.10. The van der Waals surface area contributed by atoms with Crippen LogP contribution in [0.25, 0.3) is 0 Å². The normalized spacial score (nSPS) is 12.9. The van der Waals surface area contributed by atoms with E-state index in [1.807, 2.05) is 13.8 Å². The lowest BCUT2D eigenvalue weighted by Crippen LogP contribution is -2.15. The van der Waals surface area contributed by atoms with Gasteiger partial charge in [0.1, 0.15) is 0 Å². The van der Waals surface area contributed by atoms with Gasteiger partial charge in [0.15, 0.2) is 0 Å². The summed E-state index contributed by atoms with van der Waals surface area (Å²) in [6, 6.07) is 0. The van der Waals surface area contributed by atoms with Crippen LogP contribution in [0.4, 0.5) is 0 Å². The number of hydrogen-bond acceptors (Lipinski definition) is 2. The van der Waals surface area contributed by atoms with E-state index in [4.69, 9.17) is 4.74 Å². The van der Waals surface area contributed by atoms with Crippen molar-refractivity contribution in [3.63, 3.8) is 0 Å². The van der Waals surface area contributed by atoms with E-state index in [2.05, 4.69) is 13.8 Å². The molecule has 0 fully saturated rings. The molecule has 0 bridgehead atoms. The minimum Gasteiger partial charge on any atom is -0.465 e. The summed E-state index contributed by atoms with van der Waals surface area (Å²) >= 11 is 0. The molecule has 1 unspecified atom stereocenters. The summed E-state index contributed by atoms with van der Waals surface area (Å²) in [6.45, 7) is 9.04. The highest BCUT2D eigenvalue weighted by Crippen LogP contribution is 2.13. The van der Waals surface area contributed by atoms with Crippen molar-refractivity contribution in [1.82, 2.24) is 0 Å². The van der Waals surface area contributed by atoms with Crippen molar-refractivity contribution >= 4 is 5.97 Å². The molecular weight excluding hydrogens is 188 g/mol. The largest absolute Gasteiger partial charge is 0.465 e. The van der Waals surface area contributed by atoms with Crippen LogP contribution in [0.15, 0.2) is 0 Å². The van der Waals surface area contributed by atoms with Crippen LogP contribution in [0.5, 0.6) is 0 Å². The van der Waals surface area contributed by atoms with E-state index in [-0.39, 0.29) is 5.97 Å². The second-order valence-corrected chi connectivity index (χ2v) is 4.70. The number of carbonyl (C=O) groups excluding carboxylic acids is 1. The molecule has 0 aliphatic carbocycles. The van der Waals surface area contributed by atoms with Gasteiger partial charge in [-0.15, -0.1) is 0 Å². The third-order valence-electron chi connectivity index (χ3n) is 2.60. The summed E-state index contributed by atoms with van der Waals surface area (Å²) in [6.07, 6.45) is 5.29. The van der Waals surface area contributed by atoms with Gasteiger partial charge >= 0.3 is 5.97 Å². The van der Waals surface area contributed by atoms with Crippen molar-refractivity contribution in [1.29, 1.82) is 0 Å². The Balaban J connectivity index is 3.65. The van der Waals surface area contributed by atoms with Crippen molar-refractivity contribution in [2.75, 3.05) is 6.61 Å². The first-order valence-corrected chi connectivity index (χ1v) is 6.25. The van der Waals surface area contributed by atoms with Crippen LogP contribution in [0, 0.1) is 11.8 Å². The third-order valence-corrected chi connectivity index (χ3v) is 2.60. The maximum Gasteiger partial charge on any atom is 0.306 e. The maximum atomic E-state index is 11.3. The molecule has 0 heterocycles. The molecule has 15 heavy (non-hydrogen) atoms.